The van der Waals surface area contributed by atoms with Crippen LogP contribution >= 0.6 is 0 Å². The van der Waals surface area contributed by atoms with Crippen LogP contribution in [0.1, 0.15) is 2.74 Å². The molecule has 0 bridgehead atoms. The Hall–Kier alpha value is -1.31. The molecule has 0 amide bonds. The van der Waals surface area contributed by atoms with Crippen LogP contribution in [0.4, 0.5) is 0 Å². The maximum Gasteiger partial charge on any atom is 0.152 e. The summed E-state index contributed by atoms with van der Waals surface area (Å²) < 4.78 is 19.4. The highest BCUT2D eigenvalue weighted by Crippen LogP contribution is 2.09. The highest BCUT2D eigenvalue weighted by atomic mass is 16.3. The van der Waals surface area contributed by atoms with E-state index in [4.69, 9.17) is 7.16 Å². The van der Waals surface area contributed by atoms with Crippen molar-refractivity contribution in [1.82, 2.24) is 4.98 Å². The average Bonchev–Trinajstić information content (AvgIpc) is 2.30. The van der Waals surface area contributed by atoms with Crippen molar-refractivity contribution in [1.29, 1.82) is 0 Å². The van der Waals surface area contributed by atoms with Gasteiger partial charge in [0.1, 0.15) is 6.89 Å². The van der Waals surface area contributed by atoms with E-state index in [2.05, 4.69) is 4.98 Å². The van der Waals surface area contributed by atoms with Gasteiger partial charge in [-0.05, 0) is 12.1 Å². The molecule has 0 saturated heterocycles. The predicted octanol–water partition coefficient (Wildman–Crippen LogP) is 1.83. The summed E-state index contributed by atoms with van der Waals surface area (Å²) in [4.78, 5) is 3.90. The van der Waals surface area contributed by atoms with Crippen LogP contribution in [-0.4, -0.2) is 4.98 Å². The van der Waals surface area contributed by atoms with Crippen LogP contribution in [0.25, 0.3) is 11.1 Å². The molecule has 0 spiro atoms. The lowest BCUT2D eigenvalue weighted by Gasteiger charge is -1.80. The fourth-order valence-corrected chi connectivity index (χ4v) is 0.696. The number of aromatic nitrogens is 1. The molecule has 2 rings (SSSR count). The Labute approximate surface area is 54.9 Å². The lowest BCUT2D eigenvalue weighted by molar-refractivity contribution is 0.615. The van der Waals surface area contributed by atoms with E-state index in [0.717, 1.165) is 0 Å². The van der Waals surface area contributed by atoms with Crippen molar-refractivity contribution in [3.63, 3.8) is 0 Å². The normalized spacial score (nSPS) is 13.3. The van der Waals surface area contributed by atoms with Gasteiger partial charge in [0.05, 0.1) is 7.61 Å². The second-order valence-electron chi connectivity index (χ2n) is 1.68. The molecule has 0 aliphatic rings. The van der Waals surface area contributed by atoms with Gasteiger partial charge in [-0.1, -0.05) is 0 Å². The zero-order valence-electron chi connectivity index (χ0n) is 6.59. The van der Waals surface area contributed by atoms with Gasteiger partial charge in [0.15, 0.2) is 5.58 Å². The minimum atomic E-state index is -0.126. The Balaban J connectivity index is 2.92. The number of hydrogen-bond acceptors (Lipinski definition) is 2. The number of furan rings is 1. The van der Waals surface area contributed by atoms with Crippen LogP contribution in [-0.2, 0) is 0 Å². The predicted molar refractivity (Wildman–Crippen MR) is 34.0 cm³/mol. The van der Waals surface area contributed by atoms with Crippen LogP contribution in [0.3, 0.4) is 0 Å². The van der Waals surface area contributed by atoms with Gasteiger partial charge in [0.25, 0.3) is 0 Å². The zero-order chi connectivity index (χ0) is 7.84. The highest BCUT2D eigenvalue weighted by Gasteiger charge is 1.91. The van der Waals surface area contributed by atoms with E-state index in [1.807, 2.05) is 0 Å². The molecule has 0 fully saturated rings. The zero-order valence-corrected chi connectivity index (χ0v) is 4.59. The van der Waals surface area contributed by atoms with Crippen molar-refractivity contribution in [3.05, 3.63) is 30.6 Å². The third-order valence-electron chi connectivity index (χ3n) is 1.10. The quantitative estimate of drug-likeness (QED) is 0.531. The molecule has 9 heavy (non-hydrogen) atoms. The van der Waals surface area contributed by atoms with Crippen molar-refractivity contribution in [3.8, 4) is 0 Å². The van der Waals surface area contributed by atoms with Crippen molar-refractivity contribution in [2.24, 2.45) is 0 Å². The molecule has 0 atom stereocenters. The molecule has 2 heterocycles. The molecular weight excluding hydrogens is 114 g/mol. The summed E-state index contributed by atoms with van der Waals surface area (Å²) >= 11 is 0. The maximum absolute atomic E-state index is 7.32. The first kappa shape index (κ1) is 3.01. The first-order valence-electron chi connectivity index (χ1n) is 3.60. The SMILES string of the molecule is [2H]c1oc2cccnc2c1[2H]. The Morgan fingerprint density at radius 2 is 2.67 bits per heavy atom. The van der Waals surface area contributed by atoms with Gasteiger partial charge >= 0.3 is 0 Å². The fourth-order valence-electron chi connectivity index (χ4n) is 0.696. The standard InChI is InChI=1S/C7H5NO/c1-2-7-6(8-4-1)3-5-9-7/h1-5H/i3D,5D. The summed E-state index contributed by atoms with van der Waals surface area (Å²) in [5.74, 6) is 0. The monoisotopic (exact) mass is 121 g/mol. The number of nitrogens with zero attached hydrogens (tertiary/aromatic N) is 1. The second kappa shape index (κ2) is 1.58. The second-order valence-corrected chi connectivity index (χ2v) is 1.68. The molecule has 2 aromatic heterocycles. The molecule has 2 nitrogen and oxygen atoms in total. The van der Waals surface area contributed by atoms with Crippen molar-refractivity contribution in [2.75, 3.05) is 0 Å². The summed E-state index contributed by atoms with van der Waals surface area (Å²) in [6, 6.07) is 3.46. The van der Waals surface area contributed by atoms with Crippen LogP contribution in [0, 0.1) is 0 Å². The van der Waals surface area contributed by atoms with Crippen molar-refractivity contribution >= 4 is 11.1 Å². The maximum atomic E-state index is 7.32. The van der Waals surface area contributed by atoms with E-state index in [1.54, 1.807) is 18.3 Å². The molecule has 0 unspecified atom stereocenters. The Kier molecular flexibility index (Phi) is 0.530. The van der Waals surface area contributed by atoms with E-state index >= 15 is 0 Å². The van der Waals surface area contributed by atoms with E-state index < -0.39 is 0 Å². The van der Waals surface area contributed by atoms with E-state index in [1.165, 1.54) is 0 Å². The van der Waals surface area contributed by atoms with E-state index in [9.17, 15) is 0 Å². The van der Waals surface area contributed by atoms with Gasteiger partial charge in [-0.15, -0.1) is 0 Å². The molecule has 0 saturated carbocycles. The number of rotatable bonds is 0. The number of hydrogen-bond donors (Lipinski definition) is 0. The van der Waals surface area contributed by atoms with Crippen LogP contribution < -0.4 is 0 Å². The molecule has 0 aliphatic heterocycles. The molecule has 0 aromatic carbocycles. The van der Waals surface area contributed by atoms with Crippen molar-refractivity contribution in [2.45, 2.75) is 0 Å². The summed E-state index contributed by atoms with van der Waals surface area (Å²) in [5, 5.41) is 0. The van der Waals surface area contributed by atoms with Gasteiger partial charge in [0.2, 0.25) is 0 Å². The summed E-state index contributed by atoms with van der Waals surface area (Å²) in [6.45, 7) is 0. The Bertz CT molecular complexity index is 396. The van der Waals surface area contributed by atoms with Gasteiger partial charge in [-0.2, -0.15) is 0 Å². The number of pyridine rings is 1. The average molecular weight is 121 g/mol. The van der Waals surface area contributed by atoms with E-state index in [-0.39, 0.29) is 12.3 Å². The molecule has 0 N–H and O–H groups in total. The molecule has 0 aliphatic carbocycles. The molecule has 0 radical (unpaired) electrons. The van der Waals surface area contributed by atoms with Gasteiger partial charge in [0, 0.05) is 12.2 Å². The number of fused-ring (bicyclic) bond motifs is 1. The third-order valence-corrected chi connectivity index (χ3v) is 1.10. The van der Waals surface area contributed by atoms with E-state index in [0.29, 0.717) is 11.1 Å². The minimum absolute atomic E-state index is 0.0561. The topological polar surface area (TPSA) is 26.0 Å². The van der Waals surface area contributed by atoms with Gasteiger partial charge < -0.3 is 4.42 Å². The largest absolute Gasteiger partial charge is 0.463 e. The summed E-state index contributed by atoms with van der Waals surface area (Å²) in [7, 11) is 0. The first-order chi connectivity index (χ1) is 5.29. The Morgan fingerprint density at radius 3 is 3.56 bits per heavy atom. The lowest BCUT2D eigenvalue weighted by Crippen LogP contribution is -1.66. The van der Waals surface area contributed by atoms with Crippen LogP contribution in [0.5, 0.6) is 0 Å². The lowest BCUT2D eigenvalue weighted by atomic mass is 10.4. The minimum Gasteiger partial charge on any atom is -0.463 e. The van der Waals surface area contributed by atoms with Crippen molar-refractivity contribution < 1.29 is 7.16 Å². The van der Waals surface area contributed by atoms with Gasteiger partial charge in [-0.3, -0.25) is 4.98 Å². The summed E-state index contributed by atoms with van der Waals surface area (Å²) in [6.07, 6.45) is 1.45. The van der Waals surface area contributed by atoms with Crippen LogP contribution in [0.15, 0.2) is 35.0 Å². The van der Waals surface area contributed by atoms with Gasteiger partial charge in [-0.25, -0.2) is 0 Å². The molecular formula is C7H5NO. The molecule has 2 heteroatoms. The fraction of sp³-hybridized carbons (Fsp3) is 0. The highest BCUT2D eigenvalue weighted by molar-refractivity contribution is 5.71. The molecule has 2 aromatic rings. The Morgan fingerprint density at radius 1 is 1.67 bits per heavy atom. The summed E-state index contributed by atoms with van der Waals surface area (Å²) in [5.41, 5.74) is 0.958. The first-order valence-corrected chi connectivity index (χ1v) is 2.60. The van der Waals surface area contributed by atoms with Crippen LogP contribution in [0.2, 0.25) is 0 Å². The smallest absolute Gasteiger partial charge is 0.152 e. The third kappa shape index (κ3) is 0.598. The molecule has 44 valence electrons.